The van der Waals surface area contributed by atoms with Gasteiger partial charge < -0.3 is 10.1 Å². The van der Waals surface area contributed by atoms with Gasteiger partial charge >= 0.3 is 5.97 Å². The van der Waals surface area contributed by atoms with Crippen molar-refractivity contribution in [3.63, 3.8) is 0 Å². The van der Waals surface area contributed by atoms with Gasteiger partial charge in [-0.25, -0.2) is 9.97 Å². The van der Waals surface area contributed by atoms with E-state index in [2.05, 4.69) is 15.0 Å². The molecular formula is C15H13N3O2. The summed E-state index contributed by atoms with van der Waals surface area (Å²) in [5, 5.41) is 10.2. The molecule has 0 aliphatic heterocycles. The molecule has 0 bridgehead atoms. The van der Waals surface area contributed by atoms with E-state index in [9.17, 15) is 4.79 Å². The van der Waals surface area contributed by atoms with Crippen molar-refractivity contribution >= 4 is 16.9 Å². The molecule has 1 aromatic carbocycles. The number of H-pyrrole nitrogens is 1. The van der Waals surface area contributed by atoms with Gasteiger partial charge in [0.25, 0.3) is 0 Å². The third-order valence-corrected chi connectivity index (χ3v) is 3.34. The number of nitrogens with zero attached hydrogens (tertiary/aromatic N) is 2. The molecule has 0 saturated carbocycles. The van der Waals surface area contributed by atoms with Crippen LogP contribution in [0.3, 0.4) is 0 Å². The first-order chi connectivity index (χ1) is 9.75. The van der Waals surface area contributed by atoms with E-state index in [0.29, 0.717) is 5.69 Å². The summed E-state index contributed by atoms with van der Waals surface area (Å²) < 4.78 is 0. The standard InChI is InChI=1S/C15H13N3O2/c19-15(20)7-11(14-5-6-16-9-18-14)12-8-17-13-4-2-1-3-10(12)13/h1-6,8-9,11,17H,7H2,(H,19,20). The number of para-hydroxylation sites is 1. The Hall–Kier alpha value is -2.69. The Morgan fingerprint density at radius 2 is 2.15 bits per heavy atom. The second-order valence-electron chi connectivity index (χ2n) is 4.57. The van der Waals surface area contributed by atoms with Gasteiger partial charge in [0, 0.05) is 29.2 Å². The molecule has 1 unspecified atom stereocenters. The van der Waals surface area contributed by atoms with Crippen LogP contribution in [0.15, 0.2) is 49.1 Å². The first kappa shape index (κ1) is 12.3. The summed E-state index contributed by atoms with van der Waals surface area (Å²) in [6.45, 7) is 0. The molecule has 0 spiro atoms. The Morgan fingerprint density at radius 1 is 1.30 bits per heavy atom. The van der Waals surface area contributed by atoms with E-state index in [1.165, 1.54) is 6.33 Å². The molecule has 0 fully saturated rings. The lowest BCUT2D eigenvalue weighted by molar-refractivity contribution is -0.137. The number of hydrogen-bond acceptors (Lipinski definition) is 3. The van der Waals surface area contributed by atoms with Crippen LogP contribution in [0.4, 0.5) is 0 Å². The number of rotatable bonds is 4. The number of aromatic amines is 1. The molecular weight excluding hydrogens is 254 g/mol. The lowest BCUT2D eigenvalue weighted by Gasteiger charge is -2.13. The maximum atomic E-state index is 11.2. The minimum Gasteiger partial charge on any atom is -0.481 e. The molecule has 1 atom stereocenters. The average Bonchev–Trinajstić information content (AvgIpc) is 2.89. The second kappa shape index (κ2) is 5.13. The molecule has 3 rings (SSSR count). The third kappa shape index (κ3) is 2.25. The van der Waals surface area contributed by atoms with Gasteiger partial charge in [-0.1, -0.05) is 18.2 Å². The van der Waals surface area contributed by atoms with Gasteiger partial charge in [0.1, 0.15) is 6.33 Å². The number of carboxylic acids is 1. The number of carboxylic acid groups (broad SMARTS) is 1. The zero-order valence-corrected chi connectivity index (χ0v) is 10.7. The van der Waals surface area contributed by atoms with Crippen LogP contribution in [0.25, 0.3) is 10.9 Å². The van der Waals surface area contributed by atoms with E-state index in [1.54, 1.807) is 12.3 Å². The van der Waals surface area contributed by atoms with Crippen LogP contribution in [-0.4, -0.2) is 26.0 Å². The van der Waals surface area contributed by atoms with Crippen LogP contribution >= 0.6 is 0 Å². The molecule has 20 heavy (non-hydrogen) atoms. The van der Waals surface area contributed by atoms with Crippen molar-refractivity contribution in [2.24, 2.45) is 0 Å². The fourth-order valence-corrected chi connectivity index (χ4v) is 2.44. The van der Waals surface area contributed by atoms with E-state index in [1.807, 2.05) is 30.5 Å². The predicted octanol–water partition coefficient (Wildman–Crippen LogP) is 2.56. The number of hydrogen-bond donors (Lipinski definition) is 2. The fourth-order valence-electron chi connectivity index (χ4n) is 2.44. The first-order valence-electron chi connectivity index (χ1n) is 6.29. The molecule has 0 aliphatic rings. The Balaban J connectivity index is 2.12. The topological polar surface area (TPSA) is 78.9 Å². The average molecular weight is 267 g/mol. The van der Waals surface area contributed by atoms with Gasteiger partial charge in [-0.15, -0.1) is 0 Å². The highest BCUT2D eigenvalue weighted by Crippen LogP contribution is 2.32. The highest BCUT2D eigenvalue weighted by atomic mass is 16.4. The largest absolute Gasteiger partial charge is 0.481 e. The van der Waals surface area contributed by atoms with Crippen LogP contribution in [0, 0.1) is 0 Å². The summed E-state index contributed by atoms with van der Waals surface area (Å²) >= 11 is 0. The monoisotopic (exact) mass is 267 g/mol. The maximum Gasteiger partial charge on any atom is 0.304 e. The summed E-state index contributed by atoms with van der Waals surface area (Å²) in [6, 6.07) is 9.60. The molecule has 0 amide bonds. The lowest BCUT2D eigenvalue weighted by Crippen LogP contribution is -2.09. The van der Waals surface area contributed by atoms with Crippen molar-refractivity contribution < 1.29 is 9.90 Å². The number of benzene rings is 1. The molecule has 2 aromatic heterocycles. The number of aromatic nitrogens is 3. The fraction of sp³-hybridized carbons (Fsp3) is 0.133. The van der Waals surface area contributed by atoms with Crippen LogP contribution in [0.1, 0.15) is 23.6 Å². The number of nitrogens with one attached hydrogen (secondary N) is 1. The van der Waals surface area contributed by atoms with Crippen LogP contribution in [-0.2, 0) is 4.79 Å². The second-order valence-corrected chi connectivity index (χ2v) is 4.57. The van der Waals surface area contributed by atoms with Gasteiger partial charge in [0.2, 0.25) is 0 Å². The molecule has 5 heteroatoms. The molecule has 3 aromatic rings. The highest BCUT2D eigenvalue weighted by Gasteiger charge is 2.22. The Morgan fingerprint density at radius 3 is 2.90 bits per heavy atom. The van der Waals surface area contributed by atoms with Crippen molar-refractivity contribution in [2.75, 3.05) is 0 Å². The van der Waals surface area contributed by atoms with E-state index in [4.69, 9.17) is 5.11 Å². The molecule has 0 aliphatic carbocycles. The Labute approximate surface area is 115 Å². The maximum absolute atomic E-state index is 11.2. The van der Waals surface area contributed by atoms with Crippen molar-refractivity contribution in [1.82, 2.24) is 15.0 Å². The smallest absolute Gasteiger partial charge is 0.304 e. The SMILES string of the molecule is O=C(O)CC(c1ccncn1)c1c[nH]c2ccccc12. The third-order valence-electron chi connectivity index (χ3n) is 3.34. The van der Waals surface area contributed by atoms with Crippen molar-refractivity contribution in [1.29, 1.82) is 0 Å². The molecule has 2 heterocycles. The van der Waals surface area contributed by atoms with E-state index < -0.39 is 5.97 Å². The minimum atomic E-state index is -0.848. The zero-order valence-electron chi connectivity index (χ0n) is 10.7. The van der Waals surface area contributed by atoms with E-state index >= 15 is 0 Å². The summed E-state index contributed by atoms with van der Waals surface area (Å²) in [4.78, 5) is 22.4. The summed E-state index contributed by atoms with van der Waals surface area (Å²) in [5.74, 6) is -1.13. The van der Waals surface area contributed by atoms with Crippen LogP contribution < -0.4 is 0 Å². The number of aliphatic carboxylic acids is 1. The molecule has 100 valence electrons. The number of carbonyl (C=O) groups is 1. The van der Waals surface area contributed by atoms with Crippen molar-refractivity contribution in [3.8, 4) is 0 Å². The summed E-state index contributed by atoms with van der Waals surface area (Å²) in [6.07, 6.45) is 4.93. The predicted molar refractivity (Wildman–Crippen MR) is 74.4 cm³/mol. The van der Waals surface area contributed by atoms with Crippen LogP contribution in [0.2, 0.25) is 0 Å². The van der Waals surface area contributed by atoms with Gasteiger partial charge in [0.05, 0.1) is 12.1 Å². The van der Waals surface area contributed by atoms with E-state index in [-0.39, 0.29) is 12.3 Å². The summed E-state index contributed by atoms with van der Waals surface area (Å²) in [5.41, 5.74) is 2.65. The van der Waals surface area contributed by atoms with Gasteiger partial charge in [-0.3, -0.25) is 4.79 Å². The van der Waals surface area contributed by atoms with Gasteiger partial charge in [-0.05, 0) is 17.7 Å². The molecule has 0 radical (unpaired) electrons. The Bertz CT molecular complexity index is 737. The van der Waals surface area contributed by atoms with Gasteiger partial charge in [0.15, 0.2) is 0 Å². The Kier molecular flexibility index (Phi) is 3.16. The number of fused-ring (bicyclic) bond motifs is 1. The minimum absolute atomic E-state index is 0.00113. The normalized spacial score (nSPS) is 12.4. The van der Waals surface area contributed by atoms with Crippen molar-refractivity contribution in [3.05, 3.63) is 60.3 Å². The molecule has 0 saturated heterocycles. The van der Waals surface area contributed by atoms with E-state index in [0.717, 1.165) is 16.5 Å². The van der Waals surface area contributed by atoms with Crippen molar-refractivity contribution in [2.45, 2.75) is 12.3 Å². The summed E-state index contributed by atoms with van der Waals surface area (Å²) in [7, 11) is 0. The first-order valence-corrected chi connectivity index (χ1v) is 6.29. The quantitative estimate of drug-likeness (QED) is 0.761. The zero-order chi connectivity index (χ0) is 13.9. The molecule has 5 nitrogen and oxygen atoms in total. The molecule has 2 N–H and O–H groups in total. The highest BCUT2D eigenvalue weighted by molar-refractivity contribution is 5.85. The van der Waals surface area contributed by atoms with Gasteiger partial charge in [-0.2, -0.15) is 0 Å². The lowest BCUT2D eigenvalue weighted by atomic mass is 9.92. The van der Waals surface area contributed by atoms with Crippen LogP contribution in [0.5, 0.6) is 0 Å².